The van der Waals surface area contributed by atoms with E-state index in [1.54, 1.807) is 0 Å². The molecule has 1 unspecified atom stereocenters. The van der Waals surface area contributed by atoms with Crippen LogP contribution in [0.1, 0.15) is 36.2 Å². The summed E-state index contributed by atoms with van der Waals surface area (Å²) in [6, 6.07) is 17.6. The van der Waals surface area contributed by atoms with Crippen molar-refractivity contribution < 1.29 is 4.79 Å². The number of fused-ring (bicyclic) bond motifs is 1. The maximum atomic E-state index is 13.1. The molecule has 108 valence electrons. The summed E-state index contributed by atoms with van der Waals surface area (Å²) in [6.45, 7) is 4.02. The molecule has 2 aromatic rings. The molecule has 0 N–H and O–H groups in total. The fraction of sp³-hybridized carbons (Fsp3) is 0.222. The predicted molar refractivity (Wildman–Crippen MR) is 89.2 cm³/mol. The van der Waals surface area contributed by atoms with Gasteiger partial charge < -0.3 is 0 Å². The van der Waals surface area contributed by atoms with Crippen molar-refractivity contribution in [3.05, 3.63) is 65.7 Å². The summed E-state index contributed by atoms with van der Waals surface area (Å²) >= 11 is 0. The van der Waals surface area contributed by atoms with Gasteiger partial charge >= 0.3 is 0 Å². The minimum atomic E-state index is -0.615. The van der Waals surface area contributed by atoms with E-state index in [-0.39, 0.29) is 18.2 Å². The molecule has 3 rings (SSSR count). The van der Waals surface area contributed by atoms with E-state index >= 15 is 0 Å². The Labute approximate surface area is 131 Å². The van der Waals surface area contributed by atoms with Gasteiger partial charge in [-0.2, -0.15) is 0 Å². The Bertz CT molecular complexity index is 693. The molecule has 0 aromatic heterocycles. The minimum Gasteiger partial charge on any atom is -0.293 e. The van der Waals surface area contributed by atoms with Crippen LogP contribution >= 0.6 is 12.4 Å². The van der Waals surface area contributed by atoms with E-state index < -0.39 is 5.41 Å². The van der Waals surface area contributed by atoms with Crippen molar-refractivity contribution in [3.8, 4) is 0 Å². The molecule has 21 heavy (non-hydrogen) atoms. The number of hydrogen-bond acceptors (Lipinski definition) is 2. The zero-order chi connectivity index (χ0) is 14.2. The number of nitrogens with zero attached hydrogens (tertiary/aromatic N) is 1. The molecule has 0 amide bonds. The van der Waals surface area contributed by atoms with Gasteiger partial charge in [0.1, 0.15) is 0 Å². The highest BCUT2D eigenvalue weighted by Crippen LogP contribution is 2.40. The number of carbonyl (C=O) groups is 1. The van der Waals surface area contributed by atoms with Crippen LogP contribution < -0.4 is 0 Å². The lowest BCUT2D eigenvalue weighted by Crippen LogP contribution is -2.44. The highest BCUT2D eigenvalue weighted by Gasteiger charge is 2.44. The van der Waals surface area contributed by atoms with Gasteiger partial charge in [0.25, 0.3) is 0 Å². The molecule has 0 spiro atoms. The van der Waals surface area contributed by atoms with Crippen molar-refractivity contribution in [2.45, 2.75) is 25.7 Å². The average molecular weight is 300 g/mol. The molecule has 2 nitrogen and oxygen atoms in total. The van der Waals surface area contributed by atoms with Gasteiger partial charge in [0.2, 0.25) is 0 Å². The molecule has 1 aliphatic heterocycles. The second-order valence-corrected chi connectivity index (χ2v) is 5.17. The minimum absolute atomic E-state index is 0. The number of ketones is 1. The Kier molecular flexibility index (Phi) is 4.29. The number of Topliss-reactive ketones (excluding diaryl/α,β-unsaturated/α-hetero) is 1. The Morgan fingerprint density at radius 2 is 1.62 bits per heavy atom. The van der Waals surface area contributed by atoms with E-state index in [4.69, 9.17) is 4.99 Å². The maximum absolute atomic E-state index is 13.1. The van der Waals surface area contributed by atoms with E-state index in [0.29, 0.717) is 0 Å². The van der Waals surface area contributed by atoms with Crippen LogP contribution in [-0.4, -0.2) is 11.5 Å². The monoisotopic (exact) mass is 299 g/mol. The van der Waals surface area contributed by atoms with Gasteiger partial charge in [0, 0.05) is 11.3 Å². The summed E-state index contributed by atoms with van der Waals surface area (Å²) in [6.07, 6.45) is 0.722. The van der Waals surface area contributed by atoms with E-state index in [0.717, 1.165) is 28.9 Å². The lowest BCUT2D eigenvalue weighted by atomic mass is 9.68. The van der Waals surface area contributed by atoms with Gasteiger partial charge in [-0.15, -0.1) is 12.4 Å². The van der Waals surface area contributed by atoms with Gasteiger partial charge in [-0.1, -0.05) is 49.4 Å². The summed E-state index contributed by atoms with van der Waals surface area (Å²) in [7, 11) is 0. The summed E-state index contributed by atoms with van der Waals surface area (Å²) in [5, 5.41) is 0. The smallest absolute Gasteiger partial charge is 0.181 e. The van der Waals surface area contributed by atoms with Crippen molar-refractivity contribution in [1.29, 1.82) is 0 Å². The SMILES string of the molecule is CCC1(c2ccccc2)C(=O)c2ccccc2N=C1C.Cl. The molecule has 1 heterocycles. The number of rotatable bonds is 2. The lowest BCUT2D eigenvalue weighted by molar-refractivity contribution is 0.0924. The summed E-state index contributed by atoms with van der Waals surface area (Å²) in [4.78, 5) is 17.8. The molecule has 3 heteroatoms. The molecule has 0 bridgehead atoms. The summed E-state index contributed by atoms with van der Waals surface area (Å²) in [5.41, 5.74) is 2.81. The van der Waals surface area contributed by atoms with Crippen LogP contribution in [0.2, 0.25) is 0 Å². The Morgan fingerprint density at radius 3 is 2.29 bits per heavy atom. The molecular formula is C18H18ClNO. The van der Waals surface area contributed by atoms with E-state index in [1.165, 1.54) is 0 Å². The van der Waals surface area contributed by atoms with Gasteiger partial charge in [-0.25, -0.2) is 0 Å². The molecule has 1 aliphatic rings. The van der Waals surface area contributed by atoms with Crippen LogP contribution in [-0.2, 0) is 5.41 Å². The van der Waals surface area contributed by atoms with Crippen LogP contribution in [0.3, 0.4) is 0 Å². The molecule has 0 aliphatic carbocycles. The van der Waals surface area contributed by atoms with E-state index in [9.17, 15) is 4.79 Å². The molecule has 0 saturated carbocycles. The first-order valence-electron chi connectivity index (χ1n) is 6.95. The third-order valence-electron chi connectivity index (χ3n) is 4.24. The van der Waals surface area contributed by atoms with Crippen LogP contribution in [0.4, 0.5) is 5.69 Å². The van der Waals surface area contributed by atoms with E-state index in [2.05, 4.69) is 6.92 Å². The largest absolute Gasteiger partial charge is 0.293 e. The Balaban J connectivity index is 0.00000161. The molecular weight excluding hydrogens is 282 g/mol. The van der Waals surface area contributed by atoms with Gasteiger partial charge in [-0.3, -0.25) is 9.79 Å². The second kappa shape index (κ2) is 5.82. The average Bonchev–Trinajstić information content (AvgIpc) is 2.49. The fourth-order valence-electron chi connectivity index (χ4n) is 3.12. The second-order valence-electron chi connectivity index (χ2n) is 5.17. The van der Waals surface area contributed by atoms with Crippen LogP contribution in [0.15, 0.2) is 59.6 Å². The standard InChI is InChI=1S/C18H17NO.ClH/c1-3-18(14-9-5-4-6-10-14)13(2)19-16-12-8-7-11-15(16)17(18)20;/h4-12H,3H2,1-2H3;1H. The van der Waals surface area contributed by atoms with Crippen LogP contribution in [0, 0.1) is 0 Å². The predicted octanol–water partition coefficient (Wildman–Crippen LogP) is 4.75. The first kappa shape index (κ1) is 15.5. The Hall–Kier alpha value is -1.93. The first-order chi connectivity index (χ1) is 9.70. The first-order valence-corrected chi connectivity index (χ1v) is 6.95. The summed E-state index contributed by atoms with van der Waals surface area (Å²) < 4.78 is 0. The van der Waals surface area contributed by atoms with Gasteiger partial charge in [0.05, 0.1) is 11.1 Å². The number of hydrogen-bond donors (Lipinski definition) is 0. The van der Waals surface area contributed by atoms with Crippen molar-refractivity contribution in [2.75, 3.05) is 0 Å². The number of halogens is 1. The van der Waals surface area contributed by atoms with Crippen molar-refractivity contribution in [2.24, 2.45) is 4.99 Å². The molecule has 2 aromatic carbocycles. The molecule has 0 radical (unpaired) electrons. The third-order valence-corrected chi connectivity index (χ3v) is 4.24. The van der Waals surface area contributed by atoms with Crippen molar-refractivity contribution in [3.63, 3.8) is 0 Å². The highest BCUT2D eigenvalue weighted by atomic mass is 35.5. The molecule has 1 atom stereocenters. The number of aliphatic imine (C=N–C) groups is 1. The normalized spacial score (nSPS) is 20.3. The quantitative estimate of drug-likeness (QED) is 0.787. The molecule has 0 saturated heterocycles. The number of benzene rings is 2. The van der Waals surface area contributed by atoms with Gasteiger partial charge in [0.15, 0.2) is 5.78 Å². The van der Waals surface area contributed by atoms with Crippen molar-refractivity contribution >= 4 is 29.6 Å². The topological polar surface area (TPSA) is 29.4 Å². The van der Waals surface area contributed by atoms with Gasteiger partial charge in [-0.05, 0) is 31.0 Å². The lowest BCUT2D eigenvalue weighted by Gasteiger charge is -2.35. The third kappa shape index (κ3) is 2.20. The van der Waals surface area contributed by atoms with E-state index in [1.807, 2.05) is 61.5 Å². The maximum Gasteiger partial charge on any atom is 0.181 e. The zero-order valence-electron chi connectivity index (χ0n) is 12.2. The highest BCUT2D eigenvalue weighted by molar-refractivity contribution is 6.24. The van der Waals surface area contributed by atoms with Crippen LogP contribution in [0.5, 0.6) is 0 Å². The molecule has 0 fully saturated rings. The number of carbonyl (C=O) groups excluding carboxylic acids is 1. The fourth-order valence-corrected chi connectivity index (χ4v) is 3.12. The zero-order valence-corrected chi connectivity index (χ0v) is 13.0. The van der Waals surface area contributed by atoms with Crippen LogP contribution in [0.25, 0.3) is 0 Å². The Morgan fingerprint density at radius 1 is 1.00 bits per heavy atom. The summed E-state index contributed by atoms with van der Waals surface area (Å²) in [5.74, 6) is 0.161. The number of para-hydroxylation sites is 1. The van der Waals surface area contributed by atoms with Crippen molar-refractivity contribution in [1.82, 2.24) is 0 Å².